The molecule has 0 heterocycles. The molecular weight excluding hydrogens is 466 g/mol. The first kappa shape index (κ1) is 27.9. The van der Waals surface area contributed by atoms with E-state index < -0.39 is 47.2 Å². The maximum Gasteiger partial charge on any atom is 0.303 e. The lowest BCUT2D eigenvalue weighted by atomic mass is 9.43. The molecule has 3 saturated carbocycles. The van der Waals surface area contributed by atoms with Crippen LogP contribution in [0, 0.1) is 46.3 Å². The van der Waals surface area contributed by atoms with E-state index in [4.69, 9.17) is 18.9 Å². The van der Waals surface area contributed by atoms with Crippen molar-refractivity contribution in [1.29, 1.82) is 5.26 Å². The molecule has 0 N–H and O–H groups in total. The summed E-state index contributed by atoms with van der Waals surface area (Å²) >= 11 is 0. The second-order valence-electron chi connectivity index (χ2n) is 11.3. The highest BCUT2D eigenvalue weighted by Gasteiger charge is 2.67. The molecule has 0 spiro atoms. The summed E-state index contributed by atoms with van der Waals surface area (Å²) in [5.41, 5.74) is -1.38. The molecule has 0 aromatic rings. The van der Waals surface area contributed by atoms with Crippen molar-refractivity contribution in [1.82, 2.24) is 0 Å². The molecular formula is C27H39NO8. The van der Waals surface area contributed by atoms with Crippen molar-refractivity contribution in [3.05, 3.63) is 0 Å². The third-order valence-electron chi connectivity index (χ3n) is 9.15. The minimum Gasteiger partial charge on any atom is -0.459 e. The average Bonchev–Trinajstić information content (AvgIpc) is 2.74. The third kappa shape index (κ3) is 4.96. The Morgan fingerprint density at radius 1 is 0.833 bits per heavy atom. The molecule has 0 radical (unpaired) electrons. The molecule has 3 aliphatic rings. The van der Waals surface area contributed by atoms with Crippen LogP contribution < -0.4 is 0 Å². The lowest BCUT2D eigenvalue weighted by molar-refractivity contribution is -0.263. The summed E-state index contributed by atoms with van der Waals surface area (Å²) in [7, 11) is 0. The molecule has 10 atom stereocenters. The van der Waals surface area contributed by atoms with Crippen LogP contribution in [0.5, 0.6) is 0 Å². The van der Waals surface area contributed by atoms with Gasteiger partial charge in [-0.25, -0.2) is 0 Å². The number of rotatable bonds is 5. The van der Waals surface area contributed by atoms with Crippen molar-refractivity contribution >= 4 is 23.9 Å². The smallest absolute Gasteiger partial charge is 0.303 e. The SMILES string of the molecule is CC(=O)OC1C(C)C2CCC3C(CC#N)C(C)(OC(C)=O)CCC3C2(C)C(OC(C)=O)C1OC(C)=O. The minimum atomic E-state index is -0.957. The molecule has 9 nitrogen and oxygen atoms in total. The van der Waals surface area contributed by atoms with Gasteiger partial charge >= 0.3 is 23.9 Å². The summed E-state index contributed by atoms with van der Waals surface area (Å²) in [5.74, 6) is -2.21. The fraction of sp³-hybridized carbons (Fsp3) is 0.815. The Bertz CT molecular complexity index is 943. The van der Waals surface area contributed by atoms with E-state index in [-0.39, 0.29) is 42.0 Å². The monoisotopic (exact) mass is 505 g/mol. The first-order valence-corrected chi connectivity index (χ1v) is 12.8. The lowest BCUT2D eigenvalue weighted by Crippen LogP contribution is -2.69. The maximum atomic E-state index is 12.4. The van der Waals surface area contributed by atoms with Gasteiger partial charge in [-0.3, -0.25) is 19.2 Å². The minimum absolute atomic E-state index is 0.0140. The number of carbonyl (C=O) groups is 4. The van der Waals surface area contributed by atoms with Gasteiger partial charge in [-0.1, -0.05) is 13.8 Å². The molecule has 0 aromatic heterocycles. The highest BCUT2D eigenvalue weighted by molar-refractivity contribution is 5.68. The Hall–Kier alpha value is -2.63. The second-order valence-corrected chi connectivity index (χ2v) is 11.3. The number of esters is 4. The van der Waals surface area contributed by atoms with Crippen molar-refractivity contribution in [2.24, 2.45) is 35.0 Å². The van der Waals surface area contributed by atoms with Crippen LogP contribution in [0.3, 0.4) is 0 Å². The molecule has 10 unspecified atom stereocenters. The molecule has 9 heteroatoms. The van der Waals surface area contributed by atoms with Gasteiger partial charge in [-0.05, 0) is 50.4 Å². The summed E-state index contributed by atoms with van der Waals surface area (Å²) in [6, 6.07) is 2.30. The first-order valence-electron chi connectivity index (χ1n) is 12.8. The summed E-state index contributed by atoms with van der Waals surface area (Å²) in [4.78, 5) is 48.5. The van der Waals surface area contributed by atoms with Crippen molar-refractivity contribution in [3.8, 4) is 6.07 Å². The Morgan fingerprint density at radius 2 is 1.42 bits per heavy atom. The second kappa shape index (κ2) is 10.4. The van der Waals surface area contributed by atoms with E-state index in [2.05, 4.69) is 13.0 Å². The van der Waals surface area contributed by atoms with Gasteiger partial charge in [0.25, 0.3) is 0 Å². The lowest BCUT2D eigenvalue weighted by Gasteiger charge is -2.64. The summed E-state index contributed by atoms with van der Waals surface area (Å²) < 4.78 is 23.2. The highest BCUT2D eigenvalue weighted by Crippen LogP contribution is 2.64. The van der Waals surface area contributed by atoms with Crippen LogP contribution in [0.25, 0.3) is 0 Å². The topological polar surface area (TPSA) is 129 Å². The zero-order valence-corrected chi connectivity index (χ0v) is 22.4. The molecule has 0 aromatic carbocycles. The van der Waals surface area contributed by atoms with E-state index in [1.165, 1.54) is 27.7 Å². The standard InChI is InChI=1S/C27H39NO8/c1-14-20-9-8-19-21(11-13-28)26(6,36-18(5)32)12-10-22(19)27(20,7)25(35-17(4)31)24(34-16(3)30)23(14)33-15(2)29/h14,19-25H,8-12H2,1-7H3. The van der Waals surface area contributed by atoms with E-state index in [0.717, 1.165) is 12.8 Å². The molecule has 3 aliphatic carbocycles. The average molecular weight is 506 g/mol. The number of hydrogen-bond donors (Lipinski definition) is 0. The maximum absolute atomic E-state index is 12.4. The van der Waals surface area contributed by atoms with Crippen LogP contribution in [0.4, 0.5) is 0 Å². The van der Waals surface area contributed by atoms with Gasteiger partial charge in [0.05, 0.1) is 6.07 Å². The Morgan fingerprint density at radius 3 is 1.94 bits per heavy atom. The van der Waals surface area contributed by atoms with Crippen LogP contribution in [-0.2, 0) is 38.1 Å². The van der Waals surface area contributed by atoms with Crippen LogP contribution in [-0.4, -0.2) is 47.8 Å². The van der Waals surface area contributed by atoms with E-state index >= 15 is 0 Å². The molecule has 0 aliphatic heterocycles. The van der Waals surface area contributed by atoms with E-state index in [1.54, 1.807) is 0 Å². The normalized spacial score (nSPS) is 41.5. The number of fused-ring (bicyclic) bond motifs is 3. The first-order chi connectivity index (χ1) is 16.8. The van der Waals surface area contributed by atoms with Gasteiger partial charge < -0.3 is 18.9 Å². The summed E-state index contributed by atoms with van der Waals surface area (Å²) in [6.45, 7) is 11.3. The largest absolute Gasteiger partial charge is 0.459 e. The van der Waals surface area contributed by atoms with Gasteiger partial charge in [0.15, 0.2) is 6.10 Å². The predicted octanol–water partition coefficient (Wildman–Crippen LogP) is 3.73. The van der Waals surface area contributed by atoms with Gasteiger partial charge in [0.1, 0.15) is 17.8 Å². The molecule has 0 amide bonds. The fourth-order valence-electron chi connectivity index (χ4n) is 7.99. The molecule has 36 heavy (non-hydrogen) atoms. The Labute approximate surface area is 213 Å². The molecule has 3 rings (SSSR count). The number of carbonyl (C=O) groups excluding carboxylic acids is 4. The zero-order valence-electron chi connectivity index (χ0n) is 22.4. The molecule has 0 saturated heterocycles. The summed E-state index contributed by atoms with van der Waals surface area (Å²) in [5, 5.41) is 9.68. The quantitative estimate of drug-likeness (QED) is 0.405. The molecule has 0 bridgehead atoms. The Balaban J connectivity index is 2.12. The van der Waals surface area contributed by atoms with Gasteiger partial charge in [-0.2, -0.15) is 5.26 Å². The third-order valence-corrected chi connectivity index (χ3v) is 9.15. The molecule has 200 valence electrons. The number of ether oxygens (including phenoxy) is 4. The van der Waals surface area contributed by atoms with E-state index in [1.807, 2.05) is 13.8 Å². The van der Waals surface area contributed by atoms with Crippen molar-refractivity contribution in [2.75, 3.05) is 0 Å². The summed E-state index contributed by atoms with van der Waals surface area (Å²) in [6.07, 6.45) is 0.502. The fourth-order valence-corrected chi connectivity index (χ4v) is 7.99. The van der Waals surface area contributed by atoms with Crippen LogP contribution in [0.15, 0.2) is 0 Å². The van der Waals surface area contributed by atoms with Crippen LogP contribution in [0.2, 0.25) is 0 Å². The van der Waals surface area contributed by atoms with Crippen LogP contribution in [0.1, 0.15) is 80.6 Å². The number of hydrogen-bond acceptors (Lipinski definition) is 9. The zero-order chi connectivity index (χ0) is 27.0. The van der Waals surface area contributed by atoms with Crippen molar-refractivity contribution < 1.29 is 38.1 Å². The number of nitriles is 1. The van der Waals surface area contributed by atoms with Crippen molar-refractivity contribution in [2.45, 2.75) is 104 Å². The van der Waals surface area contributed by atoms with Crippen molar-refractivity contribution in [3.63, 3.8) is 0 Å². The van der Waals surface area contributed by atoms with Gasteiger partial charge in [0.2, 0.25) is 0 Å². The van der Waals surface area contributed by atoms with E-state index in [9.17, 15) is 24.4 Å². The highest BCUT2D eigenvalue weighted by atomic mass is 16.6. The molecule has 3 fully saturated rings. The van der Waals surface area contributed by atoms with Gasteiger partial charge in [-0.15, -0.1) is 0 Å². The predicted molar refractivity (Wildman–Crippen MR) is 127 cm³/mol. The van der Waals surface area contributed by atoms with E-state index in [0.29, 0.717) is 12.8 Å². The van der Waals surface area contributed by atoms with Crippen LogP contribution >= 0.6 is 0 Å². The Kier molecular flexibility index (Phi) is 8.07. The van der Waals surface area contributed by atoms with Gasteiger partial charge in [0, 0.05) is 51.4 Å². The number of nitrogens with zero attached hydrogens (tertiary/aromatic N) is 1.